The second-order valence-corrected chi connectivity index (χ2v) is 12.6. The number of carbonyl (C=O) groups is 2. The van der Waals surface area contributed by atoms with E-state index in [1.165, 1.54) is 14.2 Å². The van der Waals surface area contributed by atoms with Crippen LogP contribution in [0.5, 0.6) is 0 Å². The van der Waals surface area contributed by atoms with Crippen molar-refractivity contribution in [3.8, 4) is 0 Å². The van der Waals surface area contributed by atoms with Gasteiger partial charge in [-0.15, -0.1) is 0 Å². The van der Waals surface area contributed by atoms with E-state index in [0.29, 0.717) is 33.6 Å². The molecule has 3 aliphatic rings. The summed E-state index contributed by atoms with van der Waals surface area (Å²) in [5.74, 6) is -1.51. The van der Waals surface area contributed by atoms with Crippen molar-refractivity contribution >= 4 is 57.2 Å². The summed E-state index contributed by atoms with van der Waals surface area (Å²) in [6, 6.07) is 5.89. The molecule has 10 heteroatoms. The molecule has 3 unspecified atom stereocenters. The van der Waals surface area contributed by atoms with Gasteiger partial charge in [0, 0.05) is 51.0 Å². The zero-order chi connectivity index (χ0) is 33.2. The molecule has 46 heavy (non-hydrogen) atoms. The van der Waals surface area contributed by atoms with Gasteiger partial charge in [-0.2, -0.15) is 0 Å². The number of aliphatic hydroxyl groups excluding tert-OH is 2. The number of methoxy groups -OCH3 is 2. The number of aromatic amines is 2. The van der Waals surface area contributed by atoms with E-state index in [4.69, 9.17) is 19.4 Å². The Morgan fingerprint density at radius 2 is 1.70 bits per heavy atom. The lowest BCUT2D eigenvalue weighted by Gasteiger charge is -2.26. The standard InChI is InChI=1S/C36H40N4O6/c1-9-20-16(2)24-13-28-22(15-41)18(4)23(38-28)12-25-17(3)21(10-11-29(42)45-7)32(39-25)31-33-30(34(43)36(31,6)35(44)46-8)19(5)26(40-33)14-27(20)37-24/h12-15,17,21,38,40-41,43H,9-11H2,1-8H3. The second-order valence-electron chi connectivity index (χ2n) is 12.6. The van der Waals surface area contributed by atoms with Crippen LogP contribution in [0.2, 0.25) is 0 Å². The number of fused-ring (bicyclic) bond motifs is 8. The number of rotatable bonds is 5. The molecule has 3 atom stereocenters. The highest BCUT2D eigenvalue weighted by Crippen LogP contribution is 2.48. The molecule has 0 saturated carbocycles. The molecule has 8 bridgehead atoms. The summed E-state index contributed by atoms with van der Waals surface area (Å²) in [6.07, 6.45) is 2.42. The molecule has 240 valence electrons. The Balaban J connectivity index is 1.84. The van der Waals surface area contributed by atoms with E-state index >= 15 is 0 Å². The largest absolute Gasteiger partial charge is 0.515 e. The molecular weight excluding hydrogens is 584 g/mol. The van der Waals surface area contributed by atoms with Gasteiger partial charge in [-0.25, -0.2) is 4.98 Å². The second kappa shape index (κ2) is 11.2. The van der Waals surface area contributed by atoms with Gasteiger partial charge in [-0.05, 0) is 81.0 Å². The van der Waals surface area contributed by atoms with Crippen molar-refractivity contribution in [1.29, 1.82) is 0 Å². The number of ether oxygens (including phenoxy) is 2. The van der Waals surface area contributed by atoms with Crippen LogP contribution in [0.4, 0.5) is 0 Å². The molecule has 6 rings (SSSR count). The Morgan fingerprint density at radius 1 is 1.00 bits per heavy atom. The Hall–Kier alpha value is -4.86. The highest BCUT2D eigenvalue weighted by atomic mass is 16.5. The normalized spacial score (nSPS) is 20.9. The molecule has 0 spiro atoms. The van der Waals surface area contributed by atoms with Gasteiger partial charge in [0.15, 0.2) is 5.41 Å². The molecule has 5 heterocycles. The lowest BCUT2D eigenvalue weighted by molar-refractivity contribution is -0.145. The Morgan fingerprint density at radius 3 is 2.35 bits per heavy atom. The maximum Gasteiger partial charge on any atom is 0.323 e. The predicted octanol–water partition coefficient (Wildman–Crippen LogP) is 5.52. The highest BCUT2D eigenvalue weighted by molar-refractivity contribution is 6.01. The lowest BCUT2D eigenvalue weighted by Crippen LogP contribution is -2.35. The summed E-state index contributed by atoms with van der Waals surface area (Å²) in [5.41, 5.74) is 8.47. The first-order valence-corrected chi connectivity index (χ1v) is 15.6. The minimum Gasteiger partial charge on any atom is -0.515 e. The summed E-state index contributed by atoms with van der Waals surface area (Å²) in [4.78, 5) is 43.2. The Bertz CT molecular complexity index is 2150. The SMILES string of the molecule is CCC1=C(C)c2cc3[nH]c(cc4nc(c5c6[nH]c(cc1n2)c(C)c6=C(O)C5(C)C(=O)OC)C(CCC(=O)OC)C4C)c(C)c3=CO. The molecule has 0 amide bonds. The predicted molar refractivity (Wildman–Crippen MR) is 177 cm³/mol. The number of nitrogens with one attached hydrogen (secondary N) is 2. The summed E-state index contributed by atoms with van der Waals surface area (Å²) in [7, 11) is 2.67. The molecule has 0 saturated heterocycles. The molecule has 4 N–H and O–H groups in total. The minimum atomic E-state index is -1.54. The van der Waals surface area contributed by atoms with Crippen LogP contribution in [0.1, 0.15) is 98.3 Å². The third kappa shape index (κ3) is 4.37. The van der Waals surface area contributed by atoms with Crippen LogP contribution in [-0.2, 0) is 24.5 Å². The fraction of sp³-hybridized carbons (Fsp3) is 0.389. The number of aliphatic hydroxyl groups is 2. The van der Waals surface area contributed by atoms with E-state index in [0.717, 1.165) is 68.6 Å². The number of carbonyl (C=O) groups excluding carboxylic acids is 2. The van der Waals surface area contributed by atoms with Crippen LogP contribution >= 0.6 is 0 Å². The smallest absolute Gasteiger partial charge is 0.323 e. The van der Waals surface area contributed by atoms with Crippen molar-refractivity contribution in [3.05, 3.63) is 68.1 Å². The van der Waals surface area contributed by atoms with E-state index < -0.39 is 11.4 Å². The fourth-order valence-corrected chi connectivity index (χ4v) is 7.41. The summed E-state index contributed by atoms with van der Waals surface area (Å²) < 4.78 is 10.3. The molecule has 10 nitrogen and oxygen atoms in total. The van der Waals surface area contributed by atoms with E-state index in [1.807, 2.05) is 45.9 Å². The third-order valence-electron chi connectivity index (χ3n) is 10.2. The molecule has 0 aromatic carbocycles. The molecule has 1 aliphatic carbocycles. The third-order valence-corrected chi connectivity index (χ3v) is 10.2. The van der Waals surface area contributed by atoms with Crippen LogP contribution in [0.15, 0.2) is 18.2 Å². The summed E-state index contributed by atoms with van der Waals surface area (Å²) in [5, 5.41) is 23.4. The summed E-state index contributed by atoms with van der Waals surface area (Å²) >= 11 is 0. The molecule has 0 fully saturated rings. The van der Waals surface area contributed by atoms with Crippen LogP contribution in [-0.4, -0.2) is 56.3 Å². The van der Waals surface area contributed by atoms with E-state index in [9.17, 15) is 19.8 Å². The van der Waals surface area contributed by atoms with Gasteiger partial charge in [0.2, 0.25) is 0 Å². The van der Waals surface area contributed by atoms with Gasteiger partial charge < -0.3 is 29.7 Å². The zero-order valence-electron chi connectivity index (χ0n) is 27.5. The Kier molecular flexibility index (Phi) is 7.57. The van der Waals surface area contributed by atoms with Gasteiger partial charge in [0.05, 0.1) is 48.6 Å². The van der Waals surface area contributed by atoms with E-state index in [2.05, 4.69) is 16.9 Å². The fourth-order valence-electron chi connectivity index (χ4n) is 7.41. The summed E-state index contributed by atoms with van der Waals surface area (Å²) in [6.45, 7) is 11.7. The van der Waals surface area contributed by atoms with Crippen LogP contribution in [0.25, 0.3) is 45.2 Å². The van der Waals surface area contributed by atoms with Crippen LogP contribution < -0.4 is 10.4 Å². The van der Waals surface area contributed by atoms with Gasteiger partial charge in [0.1, 0.15) is 5.76 Å². The van der Waals surface area contributed by atoms with Crippen molar-refractivity contribution < 1.29 is 29.3 Å². The van der Waals surface area contributed by atoms with E-state index in [-0.39, 0.29) is 30.0 Å². The maximum absolute atomic E-state index is 13.6. The molecule has 2 aliphatic heterocycles. The molecule has 3 aromatic heterocycles. The number of H-pyrrole nitrogens is 2. The monoisotopic (exact) mass is 624 g/mol. The van der Waals surface area contributed by atoms with Crippen molar-refractivity contribution in [3.63, 3.8) is 0 Å². The van der Waals surface area contributed by atoms with Crippen molar-refractivity contribution in [2.24, 2.45) is 0 Å². The van der Waals surface area contributed by atoms with Gasteiger partial charge in [0.25, 0.3) is 0 Å². The van der Waals surface area contributed by atoms with Crippen molar-refractivity contribution in [1.82, 2.24) is 19.9 Å². The average molecular weight is 625 g/mol. The van der Waals surface area contributed by atoms with Gasteiger partial charge >= 0.3 is 11.9 Å². The highest BCUT2D eigenvalue weighted by Gasteiger charge is 2.50. The number of aromatic nitrogens is 4. The van der Waals surface area contributed by atoms with Gasteiger partial charge in [-0.1, -0.05) is 13.8 Å². The zero-order valence-corrected chi connectivity index (χ0v) is 27.5. The van der Waals surface area contributed by atoms with Crippen molar-refractivity contribution in [2.45, 2.75) is 78.1 Å². The lowest BCUT2D eigenvalue weighted by atomic mass is 9.77. The first-order valence-electron chi connectivity index (χ1n) is 15.6. The topological polar surface area (TPSA) is 150 Å². The number of hydrogen-bond acceptors (Lipinski definition) is 8. The van der Waals surface area contributed by atoms with Crippen LogP contribution in [0.3, 0.4) is 0 Å². The number of nitrogens with zero attached hydrogens (tertiary/aromatic N) is 2. The van der Waals surface area contributed by atoms with Crippen molar-refractivity contribution in [2.75, 3.05) is 14.2 Å². The number of allylic oxidation sites excluding steroid dienone is 2. The quantitative estimate of drug-likeness (QED) is 0.271. The Labute approximate surface area is 266 Å². The molecule has 0 radical (unpaired) electrons. The molecule has 3 aromatic rings. The maximum atomic E-state index is 13.6. The molecular formula is C36H40N4O6. The minimum absolute atomic E-state index is 0.109. The number of esters is 2. The first kappa shape index (κ1) is 31.1. The van der Waals surface area contributed by atoms with Crippen LogP contribution in [0, 0.1) is 13.8 Å². The van der Waals surface area contributed by atoms with Gasteiger partial charge in [-0.3, -0.25) is 14.6 Å². The first-order chi connectivity index (χ1) is 21.9. The average Bonchev–Trinajstić information content (AvgIpc) is 3.76. The number of hydrogen-bond donors (Lipinski definition) is 4. The number of aryl methyl sites for hydroxylation is 2. The van der Waals surface area contributed by atoms with E-state index in [1.54, 1.807) is 6.92 Å².